The molecule has 1 aliphatic rings. The van der Waals surface area contributed by atoms with Crippen molar-refractivity contribution in [2.45, 2.75) is 18.7 Å². The van der Waals surface area contributed by atoms with E-state index < -0.39 is 15.7 Å². The number of amides is 1. The highest BCUT2D eigenvalue weighted by atomic mass is 32.2. The molecule has 0 spiro atoms. The highest BCUT2D eigenvalue weighted by Crippen LogP contribution is 2.35. The van der Waals surface area contributed by atoms with E-state index in [-0.39, 0.29) is 17.9 Å². The molecule has 0 bridgehead atoms. The molecular weight excluding hydrogens is 436 g/mol. The van der Waals surface area contributed by atoms with Crippen LogP contribution >= 0.6 is 11.3 Å². The molecule has 2 heterocycles. The van der Waals surface area contributed by atoms with Gasteiger partial charge in [0.15, 0.2) is 26.1 Å². The molecule has 0 atom stereocenters. The largest absolute Gasteiger partial charge is 0.486 e. The van der Waals surface area contributed by atoms with E-state index in [4.69, 9.17) is 9.47 Å². The monoisotopic (exact) mass is 458 g/mol. The Morgan fingerprint density at radius 3 is 2.58 bits per heavy atom. The first-order valence-corrected chi connectivity index (χ1v) is 12.4. The molecule has 0 unspecified atom stereocenters. The molecule has 2 aromatic carbocycles. The zero-order chi connectivity index (χ0) is 21.8. The Balaban J connectivity index is 1.57. The minimum atomic E-state index is -3.41. The van der Waals surface area contributed by atoms with Crippen LogP contribution in [0.15, 0.2) is 60.1 Å². The number of allylic oxidation sites excluding steroid dienone is 1. The molecule has 0 N–H and O–H groups in total. The quantitative estimate of drug-likeness (QED) is 0.508. The number of sulfone groups is 1. The van der Waals surface area contributed by atoms with E-state index in [0.717, 1.165) is 10.2 Å². The number of rotatable bonds is 7. The van der Waals surface area contributed by atoms with E-state index in [9.17, 15) is 13.2 Å². The lowest BCUT2D eigenvalue weighted by atomic mass is 10.2. The lowest BCUT2D eigenvalue weighted by Crippen LogP contribution is -2.18. The van der Waals surface area contributed by atoms with Crippen molar-refractivity contribution in [3.63, 3.8) is 0 Å². The van der Waals surface area contributed by atoms with Crippen molar-refractivity contribution in [2.75, 3.05) is 19.0 Å². The molecule has 0 aliphatic carbocycles. The maximum atomic E-state index is 12.5. The van der Waals surface area contributed by atoms with E-state index in [1.165, 1.54) is 11.3 Å². The molecule has 1 amide bonds. The Hall–Kier alpha value is -2.91. The van der Waals surface area contributed by atoms with Crippen LogP contribution in [0.2, 0.25) is 0 Å². The summed E-state index contributed by atoms with van der Waals surface area (Å²) in [6.45, 7) is 5.21. The minimum absolute atomic E-state index is 0.0912. The summed E-state index contributed by atoms with van der Waals surface area (Å²) in [5.41, 5.74) is 1.56. The van der Waals surface area contributed by atoms with Crippen molar-refractivity contribution in [2.24, 2.45) is 4.99 Å². The lowest BCUT2D eigenvalue weighted by Gasteiger charge is -2.18. The fourth-order valence-electron chi connectivity index (χ4n) is 3.30. The molecule has 9 heteroatoms. The zero-order valence-electron chi connectivity index (χ0n) is 16.8. The van der Waals surface area contributed by atoms with Crippen LogP contribution in [0.4, 0.5) is 0 Å². The second kappa shape index (κ2) is 9.07. The number of benzene rings is 2. The summed E-state index contributed by atoms with van der Waals surface area (Å²) in [6.07, 6.45) is 1.55. The van der Waals surface area contributed by atoms with Gasteiger partial charge in [-0.1, -0.05) is 47.7 Å². The molecule has 0 saturated heterocycles. The predicted octanol–water partition coefficient (Wildman–Crippen LogP) is 3.09. The van der Waals surface area contributed by atoms with Crippen LogP contribution in [0.5, 0.6) is 11.5 Å². The summed E-state index contributed by atoms with van der Waals surface area (Å²) in [4.78, 5) is 17.2. The summed E-state index contributed by atoms with van der Waals surface area (Å²) in [5, 5.41) is 0. The molecule has 3 aromatic rings. The smallest absolute Gasteiger partial charge is 0.249 e. The number of hydrogen-bond donors (Lipinski definition) is 0. The second-order valence-corrected chi connectivity index (χ2v) is 10.3. The second-order valence-electron chi connectivity index (χ2n) is 7.08. The summed E-state index contributed by atoms with van der Waals surface area (Å²) in [5.74, 6) is 0.506. The van der Waals surface area contributed by atoms with Crippen LogP contribution in [0.1, 0.15) is 12.0 Å². The Bertz CT molecular complexity index is 1290. The van der Waals surface area contributed by atoms with Crippen molar-refractivity contribution in [1.29, 1.82) is 0 Å². The Morgan fingerprint density at radius 2 is 1.87 bits per heavy atom. The lowest BCUT2D eigenvalue weighted by molar-refractivity contribution is -0.117. The van der Waals surface area contributed by atoms with Gasteiger partial charge in [0.1, 0.15) is 13.2 Å². The van der Waals surface area contributed by atoms with E-state index in [1.54, 1.807) is 30.3 Å². The molecule has 162 valence electrons. The third-order valence-electron chi connectivity index (χ3n) is 4.74. The molecule has 0 fully saturated rings. The standard InChI is InChI=1S/C22H22N2O5S2/c1-2-9-24-17-13-18-19(29-11-10-28-18)14-20(17)30-22(24)23-21(25)8-12-31(26,27)15-16-6-4-3-5-7-16/h2-7,13-14H,1,8-12,15H2. The number of hydrogen-bond acceptors (Lipinski definition) is 6. The van der Waals surface area contributed by atoms with Gasteiger partial charge in [0.2, 0.25) is 5.91 Å². The average Bonchev–Trinajstić information content (AvgIpc) is 3.07. The molecule has 1 aliphatic heterocycles. The van der Waals surface area contributed by atoms with Gasteiger partial charge in [-0.2, -0.15) is 4.99 Å². The number of fused-ring (bicyclic) bond motifs is 2. The van der Waals surface area contributed by atoms with Gasteiger partial charge in [0, 0.05) is 25.1 Å². The topological polar surface area (TPSA) is 87.0 Å². The van der Waals surface area contributed by atoms with Crippen LogP contribution < -0.4 is 14.3 Å². The van der Waals surface area contributed by atoms with Gasteiger partial charge in [-0.15, -0.1) is 6.58 Å². The number of aromatic nitrogens is 1. The first-order valence-electron chi connectivity index (χ1n) is 9.81. The number of carbonyl (C=O) groups is 1. The zero-order valence-corrected chi connectivity index (χ0v) is 18.5. The molecule has 4 rings (SSSR count). The van der Waals surface area contributed by atoms with Crippen molar-refractivity contribution >= 4 is 37.3 Å². The molecule has 0 radical (unpaired) electrons. The molecule has 7 nitrogen and oxygen atoms in total. The normalized spacial score (nSPS) is 14.0. The van der Waals surface area contributed by atoms with E-state index >= 15 is 0 Å². The molecular formula is C22H22N2O5S2. The van der Waals surface area contributed by atoms with Crippen molar-refractivity contribution in [1.82, 2.24) is 4.57 Å². The van der Waals surface area contributed by atoms with E-state index in [0.29, 0.717) is 41.6 Å². The third-order valence-corrected chi connectivity index (χ3v) is 7.38. The summed E-state index contributed by atoms with van der Waals surface area (Å²) in [7, 11) is -3.41. The van der Waals surface area contributed by atoms with Crippen LogP contribution in [0.25, 0.3) is 10.2 Å². The van der Waals surface area contributed by atoms with Crippen LogP contribution in [-0.2, 0) is 26.9 Å². The first-order chi connectivity index (χ1) is 14.9. The summed E-state index contributed by atoms with van der Waals surface area (Å²) < 4.78 is 38.8. The summed E-state index contributed by atoms with van der Waals surface area (Å²) >= 11 is 1.34. The number of ether oxygens (including phenoxy) is 2. The summed E-state index contributed by atoms with van der Waals surface area (Å²) in [6, 6.07) is 12.7. The Morgan fingerprint density at radius 1 is 1.16 bits per heavy atom. The SMILES string of the molecule is C=CCn1c(=NC(=O)CCS(=O)(=O)Cc2ccccc2)sc2cc3c(cc21)OCCO3. The third kappa shape index (κ3) is 5.05. The molecule has 1 aromatic heterocycles. The predicted molar refractivity (Wildman–Crippen MR) is 120 cm³/mol. The van der Waals surface area contributed by atoms with E-state index in [2.05, 4.69) is 11.6 Å². The minimum Gasteiger partial charge on any atom is -0.486 e. The fourth-order valence-corrected chi connectivity index (χ4v) is 5.70. The van der Waals surface area contributed by atoms with Crippen molar-refractivity contribution in [3.8, 4) is 11.5 Å². The number of nitrogens with zero attached hydrogens (tertiary/aromatic N) is 2. The average molecular weight is 459 g/mol. The van der Waals surface area contributed by atoms with Gasteiger partial charge in [-0.25, -0.2) is 8.42 Å². The highest BCUT2D eigenvalue weighted by molar-refractivity contribution is 7.90. The van der Waals surface area contributed by atoms with Gasteiger partial charge in [-0.05, 0) is 5.56 Å². The molecule has 31 heavy (non-hydrogen) atoms. The first kappa shape index (κ1) is 21.3. The van der Waals surface area contributed by atoms with Gasteiger partial charge >= 0.3 is 0 Å². The van der Waals surface area contributed by atoms with Gasteiger partial charge in [0.25, 0.3) is 0 Å². The number of thiazole rings is 1. The van der Waals surface area contributed by atoms with Crippen LogP contribution in [0, 0.1) is 0 Å². The van der Waals surface area contributed by atoms with Crippen molar-refractivity contribution in [3.05, 3.63) is 65.5 Å². The fraction of sp³-hybridized carbons (Fsp3) is 0.273. The highest BCUT2D eigenvalue weighted by Gasteiger charge is 2.18. The molecule has 0 saturated carbocycles. The van der Waals surface area contributed by atoms with Crippen LogP contribution in [-0.4, -0.2) is 37.9 Å². The van der Waals surface area contributed by atoms with Crippen molar-refractivity contribution < 1.29 is 22.7 Å². The van der Waals surface area contributed by atoms with E-state index in [1.807, 2.05) is 22.8 Å². The van der Waals surface area contributed by atoms with Gasteiger partial charge in [0.05, 0.1) is 21.7 Å². The number of carbonyl (C=O) groups excluding carboxylic acids is 1. The van der Waals surface area contributed by atoms with Gasteiger partial charge < -0.3 is 14.0 Å². The Kier molecular flexibility index (Phi) is 6.24. The van der Waals surface area contributed by atoms with Gasteiger partial charge in [-0.3, -0.25) is 4.79 Å². The maximum absolute atomic E-state index is 12.5. The Labute approximate surface area is 184 Å². The maximum Gasteiger partial charge on any atom is 0.249 e. The van der Waals surface area contributed by atoms with Crippen LogP contribution in [0.3, 0.4) is 0 Å².